The fourth-order valence-corrected chi connectivity index (χ4v) is 6.14. The summed E-state index contributed by atoms with van der Waals surface area (Å²) in [7, 11) is 0. The van der Waals surface area contributed by atoms with Gasteiger partial charge < -0.3 is 15.4 Å². The van der Waals surface area contributed by atoms with E-state index in [1.54, 1.807) is 6.07 Å². The molecular weight excluding hydrogens is 480 g/mol. The van der Waals surface area contributed by atoms with E-state index in [0.29, 0.717) is 67.5 Å². The molecule has 2 fully saturated rings. The summed E-state index contributed by atoms with van der Waals surface area (Å²) in [5, 5.41) is 12.8. The minimum atomic E-state index is -0.646. The van der Waals surface area contributed by atoms with Crippen molar-refractivity contribution in [1.29, 1.82) is 0 Å². The van der Waals surface area contributed by atoms with Crippen LogP contribution in [0.5, 0.6) is 0 Å². The largest absolute Gasteiger partial charge is 0.379 e. The van der Waals surface area contributed by atoms with Gasteiger partial charge >= 0.3 is 6.03 Å². The molecule has 0 atom stereocenters. The predicted octanol–water partition coefficient (Wildman–Crippen LogP) is 2.83. The van der Waals surface area contributed by atoms with Gasteiger partial charge in [0.05, 0.1) is 40.6 Å². The summed E-state index contributed by atoms with van der Waals surface area (Å²) in [4.78, 5) is 41.7. The highest BCUT2D eigenvalue weighted by atomic mass is 32.1. The van der Waals surface area contributed by atoms with Gasteiger partial charge in [-0.3, -0.25) is 14.7 Å². The molecule has 0 spiro atoms. The number of rotatable bonds is 4. The van der Waals surface area contributed by atoms with Crippen LogP contribution in [0.3, 0.4) is 0 Å². The molecule has 2 aliphatic heterocycles. The number of H-pyrrole nitrogens is 1. The number of piperidine rings is 1. The second kappa shape index (κ2) is 9.16. The first-order valence-electron chi connectivity index (χ1n) is 12.1. The monoisotopic (exact) mass is 506 g/mol. The number of carbonyl (C=O) groups is 3. The molecule has 3 aliphatic rings. The Kier molecular flexibility index (Phi) is 5.82. The average Bonchev–Trinajstić information content (AvgIpc) is 3.64. The lowest BCUT2D eigenvalue weighted by Crippen LogP contribution is -2.54. The summed E-state index contributed by atoms with van der Waals surface area (Å²) in [6.07, 6.45) is 1.48. The number of benzene rings is 1. The normalized spacial score (nSPS) is 18.2. The lowest BCUT2D eigenvalue weighted by molar-refractivity contribution is 0.0364. The summed E-state index contributed by atoms with van der Waals surface area (Å²) < 4.78 is 5.42. The number of anilines is 1. The number of ketones is 1. The lowest BCUT2D eigenvalue weighted by atomic mass is 9.90. The molecule has 1 aromatic carbocycles. The van der Waals surface area contributed by atoms with E-state index in [-0.39, 0.29) is 17.6 Å². The van der Waals surface area contributed by atoms with Crippen LogP contribution in [-0.2, 0) is 4.74 Å². The number of nitrogens with one attached hydrogen (secondary N) is 1. The standard InChI is InChI=1S/C25H26N6O4S/c26-25(34)31(30-10-12-35-13-11-30)17-4-1-3-16-19(17)23(32)20-21(27-28-22(16)20)15-6-8-29(9-7-15)24(33)18-5-2-14-36-18/h1-5,14-15H,6-13H2,(H2,26,34)(H,27,28). The van der Waals surface area contributed by atoms with E-state index in [4.69, 9.17) is 10.5 Å². The number of hydrogen-bond donors (Lipinski definition) is 2. The molecule has 3 amide bonds. The van der Waals surface area contributed by atoms with Crippen LogP contribution >= 0.6 is 11.3 Å². The van der Waals surface area contributed by atoms with Crippen LogP contribution in [0.4, 0.5) is 10.5 Å². The van der Waals surface area contributed by atoms with Crippen molar-refractivity contribution in [2.45, 2.75) is 18.8 Å². The lowest BCUT2D eigenvalue weighted by Gasteiger charge is -2.36. The summed E-state index contributed by atoms with van der Waals surface area (Å²) in [6.45, 7) is 3.20. The Bertz CT molecular complexity index is 1320. The van der Waals surface area contributed by atoms with Gasteiger partial charge in [0.25, 0.3) is 5.91 Å². The van der Waals surface area contributed by atoms with E-state index in [2.05, 4.69) is 10.2 Å². The van der Waals surface area contributed by atoms with E-state index in [0.717, 1.165) is 23.4 Å². The van der Waals surface area contributed by atoms with E-state index >= 15 is 0 Å². The number of amides is 3. The zero-order valence-corrected chi connectivity index (χ0v) is 20.4. The van der Waals surface area contributed by atoms with Crippen molar-refractivity contribution in [3.8, 4) is 11.3 Å². The molecule has 0 bridgehead atoms. The fraction of sp³-hybridized carbons (Fsp3) is 0.360. The highest BCUT2D eigenvalue weighted by molar-refractivity contribution is 7.12. The van der Waals surface area contributed by atoms with Crippen LogP contribution in [0, 0.1) is 0 Å². The van der Waals surface area contributed by atoms with E-state index in [1.807, 2.05) is 39.6 Å². The summed E-state index contributed by atoms with van der Waals surface area (Å²) in [6, 6.07) is 8.51. The minimum absolute atomic E-state index is 0.0565. The van der Waals surface area contributed by atoms with E-state index < -0.39 is 6.03 Å². The van der Waals surface area contributed by atoms with Crippen LogP contribution in [0.15, 0.2) is 35.7 Å². The maximum Gasteiger partial charge on any atom is 0.334 e. The van der Waals surface area contributed by atoms with Gasteiger partial charge in [-0.05, 0) is 30.4 Å². The van der Waals surface area contributed by atoms with Gasteiger partial charge in [-0.25, -0.2) is 14.8 Å². The number of nitrogens with two attached hydrogens (primary N) is 1. The number of urea groups is 1. The van der Waals surface area contributed by atoms with Crippen molar-refractivity contribution >= 4 is 34.7 Å². The number of primary amides is 1. The summed E-state index contributed by atoms with van der Waals surface area (Å²) in [5.74, 6) is -0.0149. The highest BCUT2D eigenvalue weighted by Crippen LogP contribution is 2.44. The fourth-order valence-electron chi connectivity index (χ4n) is 5.44. The molecule has 0 radical (unpaired) electrons. The Morgan fingerprint density at radius 3 is 2.56 bits per heavy atom. The average molecular weight is 507 g/mol. The molecule has 0 unspecified atom stereocenters. The maximum absolute atomic E-state index is 13.8. The van der Waals surface area contributed by atoms with Crippen molar-refractivity contribution < 1.29 is 19.1 Å². The molecule has 6 rings (SSSR count). The Labute approximate surface area is 211 Å². The van der Waals surface area contributed by atoms with E-state index in [9.17, 15) is 14.4 Å². The predicted molar refractivity (Wildman–Crippen MR) is 134 cm³/mol. The zero-order chi connectivity index (χ0) is 24.8. The Balaban J connectivity index is 1.27. The molecule has 3 N–H and O–H groups in total. The van der Waals surface area contributed by atoms with Gasteiger partial charge in [0.1, 0.15) is 5.69 Å². The topological polar surface area (TPSA) is 125 Å². The molecule has 3 aromatic rings. The van der Waals surface area contributed by atoms with Crippen molar-refractivity contribution in [3.05, 3.63) is 57.4 Å². The molecule has 2 aromatic heterocycles. The van der Waals surface area contributed by atoms with Crippen molar-refractivity contribution in [3.63, 3.8) is 0 Å². The van der Waals surface area contributed by atoms with Crippen LogP contribution in [0.2, 0.25) is 0 Å². The van der Waals surface area contributed by atoms with Gasteiger partial charge in [-0.1, -0.05) is 18.2 Å². The van der Waals surface area contributed by atoms with Crippen LogP contribution < -0.4 is 10.7 Å². The van der Waals surface area contributed by atoms with Crippen molar-refractivity contribution in [1.82, 2.24) is 20.1 Å². The zero-order valence-electron chi connectivity index (χ0n) is 19.6. The Hall–Kier alpha value is -3.54. The molecule has 10 nitrogen and oxygen atoms in total. The third-order valence-electron chi connectivity index (χ3n) is 7.18. The van der Waals surface area contributed by atoms with Crippen LogP contribution in [0.1, 0.15) is 50.0 Å². The number of hydrogen-bond acceptors (Lipinski definition) is 7. The smallest absolute Gasteiger partial charge is 0.334 e. The molecule has 36 heavy (non-hydrogen) atoms. The number of fused-ring (bicyclic) bond motifs is 3. The van der Waals surface area contributed by atoms with Crippen molar-refractivity contribution in [2.75, 3.05) is 44.4 Å². The first kappa shape index (κ1) is 22.9. The van der Waals surface area contributed by atoms with Gasteiger partial charge in [-0.2, -0.15) is 5.10 Å². The van der Waals surface area contributed by atoms with Gasteiger partial charge in [0, 0.05) is 37.7 Å². The third kappa shape index (κ3) is 3.71. The molecule has 4 heterocycles. The SMILES string of the molecule is NC(=O)N(c1cccc2c1C(=O)c1c-2n[nH]c1C1CCN(C(=O)c2cccs2)CC1)N1CCOCC1. The minimum Gasteiger partial charge on any atom is -0.379 e. The Morgan fingerprint density at radius 2 is 1.86 bits per heavy atom. The number of likely N-dealkylation sites (tertiary alicyclic amines) is 1. The van der Waals surface area contributed by atoms with E-state index in [1.165, 1.54) is 16.3 Å². The second-order valence-electron chi connectivity index (χ2n) is 9.15. The molecular formula is C25H26N6O4S. The number of thiophene rings is 1. The quantitative estimate of drug-likeness (QED) is 0.439. The molecule has 1 aliphatic carbocycles. The molecule has 11 heteroatoms. The Morgan fingerprint density at radius 1 is 1.08 bits per heavy atom. The number of aromatic nitrogens is 2. The summed E-state index contributed by atoms with van der Waals surface area (Å²) >= 11 is 1.45. The van der Waals surface area contributed by atoms with Gasteiger partial charge in [0.15, 0.2) is 5.78 Å². The number of ether oxygens (including phenoxy) is 1. The maximum atomic E-state index is 13.8. The number of hydrazine groups is 1. The first-order chi connectivity index (χ1) is 17.5. The second-order valence-corrected chi connectivity index (χ2v) is 10.1. The van der Waals surface area contributed by atoms with Crippen molar-refractivity contribution in [2.24, 2.45) is 5.73 Å². The number of nitrogens with zero attached hydrogens (tertiary/aromatic N) is 4. The number of morpholine rings is 1. The molecule has 186 valence electrons. The summed E-state index contributed by atoms with van der Waals surface area (Å²) in [5.41, 5.74) is 9.36. The number of carbonyl (C=O) groups excluding carboxylic acids is 3. The van der Waals surface area contributed by atoms with Crippen LogP contribution in [-0.4, -0.2) is 77.2 Å². The highest BCUT2D eigenvalue weighted by Gasteiger charge is 2.40. The number of aromatic amines is 1. The molecule has 2 saturated heterocycles. The first-order valence-corrected chi connectivity index (χ1v) is 12.9. The van der Waals surface area contributed by atoms with Crippen LogP contribution in [0.25, 0.3) is 11.3 Å². The van der Waals surface area contributed by atoms with Gasteiger partial charge in [-0.15, -0.1) is 11.3 Å². The molecule has 0 saturated carbocycles. The third-order valence-corrected chi connectivity index (χ3v) is 8.03. The van der Waals surface area contributed by atoms with Gasteiger partial charge in [0.2, 0.25) is 0 Å².